The summed E-state index contributed by atoms with van der Waals surface area (Å²) in [6.45, 7) is 4.95. The standard InChI is InChI=1S/C14H21NO5S/c1-5-15(10-14(2,3)17)21(18,19)12-8-6-7-11(9-12)13(16)20-4/h6-9,17H,5,10H2,1-4H3. The number of hydrogen-bond donors (Lipinski definition) is 1. The number of ether oxygens (including phenoxy) is 1. The highest BCUT2D eigenvalue weighted by atomic mass is 32.2. The van der Waals surface area contributed by atoms with E-state index in [-0.39, 0.29) is 23.5 Å². The molecule has 1 rings (SSSR count). The molecule has 6 nitrogen and oxygen atoms in total. The smallest absolute Gasteiger partial charge is 0.337 e. The molecule has 0 aromatic heterocycles. The van der Waals surface area contributed by atoms with Crippen LogP contribution in [0.15, 0.2) is 29.2 Å². The van der Waals surface area contributed by atoms with Crippen LogP contribution in [0.25, 0.3) is 0 Å². The van der Waals surface area contributed by atoms with E-state index in [1.165, 1.54) is 49.5 Å². The van der Waals surface area contributed by atoms with Crippen LogP contribution in [0.5, 0.6) is 0 Å². The van der Waals surface area contributed by atoms with Crippen LogP contribution in [0.3, 0.4) is 0 Å². The van der Waals surface area contributed by atoms with Gasteiger partial charge in [-0.2, -0.15) is 4.31 Å². The number of benzene rings is 1. The SMILES string of the molecule is CCN(CC(C)(C)O)S(=O)(=O)c1cccc(C(=O)OC)c1. The molecule has 0 unspecified atom stereocenters. The highest BCUT2D eigenvalue weighted by Gasteiger charge is 2.28. The van der Waals surface area contributed by atoms with Crippen molar-refractivity contribution in [3.63, 3.8) is 0 Å². The fourth-order valence-electron chi connectivity index (χ4n) is 1.85. The molecule has 1 aromatic carbocycles. The van der Waals surface area contributed by atoms with E-state index in [1.54, 1.807) is 6.92 Å². The van der Waals surface area contributed by atoms with Gasteiger partial charge < -0.3 is 9.84 Å². The lowest BCUT2D eigenvalue weighted by molar-refractivity contribution is 0.0592. The van der Waals surface area contributed by atoms with Gasteiger partial charge in [-0.3, -0.25) is 0 Å². The molecule has 0 aliphatic heterocycles. The molecule has 0 aliphatic rings. The summed E-state index contributed by atoms with van der Waals surface area (Å²) in [5, 5.41) is 9.83. The lowest BCUT2D eigenvalue weighted by atomic mass is 10.1. The Morgan fingerprint density at radius 1 is 1.38 bits per heavy atom. The largest absolute Gasteiger partial charge is 0.465 e. The monoisotopic (exact) mass is 315 g/mol. The Hall–Kier alpha value is -1.44. The number of hydrogen-bond acceptors (Lipinski definition) is 5. The fraction of sp³-hybridized carbons (Fsp3) is 0.500. The zero-order valence-electron chi connectivity index (χ0n) is 12.7. The van der Waals surface area contributed by atoms with Crippen molar-refractivity contribution in [3.05, 3.63) is 29.8 Å². The minimum atomic E-state index is -3.78. The van der Waals surface area contributed by atoms with Gasteiger partial charge in [0.15, 0.2) is 0 Å². The fourth-order valence-corrected chi connectivity index (χ4v) is 3.50. The molecule has 1 aromatic rings. The van der Waals surface area contributed by atoms with Crippen molar-refractivity contribution in [2.45, 2.75) is 31.3 Å². The Balaban J connectivity index is 3.20. The van der Waals surface area contributed by atoms with E-state index in [0.717, 1.165) is 0 Å². The molecule has 0 fully saturated rings. The van der Waals surface area contributed by atoms with Gasteiger partial charge in [0.25, 0.3) is 0 Å². The van der Waals surface area contributed by atoms with Crippen LogP contribution in [0.4, 0.5) is 0 Å². The van der Waals surface area contributed by atoms with Gasteiger partial charge in [-0.1, -0.05) is 13.0 Å². The topological polar surface area (TPSA) is 83.9 Å². The second kappa shape index (κ2) is 6.55. The van der Waals surface area contributed by atoms with Crippen LogP contribution < -0.4 is 0 Å². The normalized spacial score (nSPS) is 12.5. The average molecular weight is 315 g/mol. The maximum Gasteiger partial charge on any atom is 0.337 e. The van der Waals surface area contributed by atoms with E-state index < -0.39 is 21.6 Å². The number of sulfonamides is 1. The molecule has 0 bridgehead atoms. The summed E-state index contributed by atoms with van der Waals surface area (Å²) in [7, 11) is -2.55. The first kappa shape index (κ1) is 17.6. The van der Waals surface area contributed by atoms with Crippen LogP contribution in [0.2, 0.25) is 0 Å². The number of carbonyl (C=O) groups excluding carboxylic acids is 1. The van der Waals surface area contributed by atoms with E-state index in [4.69, 9.17) is 0 Å². The summed E-state index contributed by atoms with van der Waals surface area (Å²) < 4.78 is 30.9. The molecule has 118 valence electrons. The molecule has 0 aliphatic carbocycles. The molecule has 7 heteroatoms. The summed E-state index contributed by atoms with van der Waals surface area (Å²) >= 11 is 0. The van der Waals surface area contributed by atoms with Crippen LogP contribution >= 0.6 is 0 Å². The second-order valence-electron chi connectivity index (χ2n) is 5.26. The third-order valence-corrected chi connectivity index (χ3v) is 4.73. The highest BCUT2D eigenvalue weighted by Crippen LogP contribution is 2.19. The number of esters is 1. The minimum Gasteiger partial charge on any atom is -0.465 e. The maximum absolute atomic E-state index is 12.6. The van der Waals surface area contributed by atoms with Gasteiger partial charge in [-0.25, -0.2) is 13.2 Å². The summed E-state index contributed by atoms with van der Waals surface area (Å²) in [6, 6.07) is 5.65. The molecule has 21 heavy (non-hydrogen) atoms. The van der Waals surface area contributed by atoms with Gasteiger partial charge in [-0.05, 0) is 32.0 Å². The number of rotatable bonds is 6. The molecule has 0 heterocycles. The van der Waals surface area contributed by atoms with Crippen molar-refractivity contribution >= 4 is 16.0 Å². The number of nitrogens with zero attached hydrogens (tertiary/aromatic N) is 1. The van der Waals surface area contributed by atoms with E-state index in [0.29, 0.717) is 0 Å². The quantitative estimate of drug-likeness (QED) is 0.799. The van der Waals surface area contributed by atoms with Crippen LogP contribution in [0.1, 0.15) is 31.1 Å². The van der Waals surface area contributed by atoms with Crippen LogP contribution in [-0.4, -0.2) is 49.6 Å². The van der Waals surface area contributed by atoms with E-state index in [1.807, 2.05) is 0 Å². The van der Waals surface area contributed by atoms with Gasteiger partial charge in [0.05, 0.1) is 23.2 Å². The van der Waals surface area contributed by atoms with Crippen molar-refractivity contribution in [3.8, 4) is 0 Å². The first-order chi connectivity index (χ1) is 9.61. The zero-order valence-corrected chi connectivity index (χ0v) is 13.5. The first-order valence-corrected chi connectivity index (χ1v) is 7.96. The predicted octanol–water partition coefficient (Wildman–Crippen LogP) is 1.25. The number of carbonyl (C=O) groups is 1. The van der Waals surface area contributed by atoms with Gasteiger partial charge in [0, 0.05) is 13.1 Å². The Bertz CT molecular complexity index is 604. The minimum absolute atomic E-state index is 0.00324. The molecule has 1 N–H and O–H groups in total. The van der Waals surface area contributed by atoms with E-state index >= 15 is 0 Å². The zero-order chi connectivity index (χ0) is 16.3. The summed E-state index contributed by atoms with van der Waals surface area (Å²) in [4.78, 5) is 11.5. The van der Waals surface area contributed by atoms with Gasteiger partial charge in [0.2, 0.25) is 10.0 Å². The lowest BCUT2D eigenvalue weighted by Crippen LogP contribution is -2.42. The molecule has 0 atom stereocenters. The Morgan fingerprint density at radius 3 is 2.48 bits per heavy atom. The first-order valence-electron chi connectivity index (χ1n) is 6.52. The number of methoxy groups -OCH3 is 1. The molecule has 0 saturated carbocycles. The third kappa shape index (κ3) is 4.52. The summed E-state index contributed by atoms with van der Waals surface area (Å²) in [6.07, 6.45) is 0. The average Bonchev–Trinajstić information content (AvgIpc) is 2.42. The number of likely N-dealkylation sites (N-methyl/N-ethyl adjacent to an activating group) is 1. The third-order valence-electron chi connectivity index (χ3n) is 2.81. The highest BCUT2D eigenvalue weighted by molar-refractivity contribution is 7.89. The van der Waals surface area contributed by atoms with E-state index in [9.17, 15) is 18.3 Å². The van der Waals surface area contributed by atoms with Crippen LogP contribution in [-0.2, 0) is 14.8 Å². The molecular formula is C14H21NO5S. The van der Waals surface area contributed by atoms with Crippen molar-refractivity contribution in [1.82, 2.24) is 4.31 Å². The van der Waals surface area contributed by atoms with Gasteiger partial charge in [-0.15, -0.1) is 0 Å². The van der Waals surface area contributed by atoms with Crippen molar-refractivity contribution in [2.75, 3.05) is 20.2 Å². The Labute approximate surface area is 125 Å². The van der Waals surface area contributed by atoms with Gasteiger partial charge >= 0.3 is 5.97 Å². The predicted molar refractivity (Wildman–Crippen MR) is 78.5 cm³/mol. The molecule has 0 radical (unpaired) electrons. The number of aliphatic hydroxyl groups is 1. The summed E-state index contributed by atoms with van der Waals surface area (Å²) in [5.74, 6) is -0.599. The summed E-state index contributed by atoms with van der Waals surface area (Å²) in [5.41, 5.74) is -0.985. The molecule has 0 spiro atoms. The maximum atomic E-state index is 12.6. The Morgan fingerprint density at radius 2 is 2.00 bits per heavy atom. The molecule has 0 amide bonds. The molecular weight excluding hydrogens is 294 g/mol. The van der Waals surface area contributed by atoms with Crippen molar-refractivity contribution in [1.29, 1.82) is 0 Å². The molecule has 0 saturated heterocycles. The second-order valence-corrected chi connectivity index (χ2v) is 7.20. The van der Waals surface area contributed by atoms with Gasteiger partial charge in [0.1, 0.15) is 0 Å². The van der Waals surface area contributed by atoms with Crippen LogP contribution in [0, 0.1) is 0 Å². The Kier molecular flexibility index (Phi) is 5.49. The van der Waals surface area contributed by atoms with Crippen molar-refractivity contribution < 1.29 is 23.1 Å². The van der Waals surface area contributed by atoms with Crippen molar-refractivity contribution in [2.24, 2.45) is 0 Å². The van der Waals surface area contributed by atoms with E-state index in [2.05, 4.69) is 4.74 Å². The lowest BCUT2D eigenvalue weighted by Gasteiger charge is -2.27.